The smallest absolute Gasteiger partial charge is 0.480 e. The van der Waals surface area contributed by atoms with Crippen LogP contribution in [0.2, 0.25) is 0 Å². The first-order chi connectivity index (χ1) is 12.7. The number of nitrogens with two attached hydrogens (primary N) is 2. The fraction of sp³-hybridized carbons (Fsp3) is 0.429. The summed E-state index contributed by atoms with van der Waals surface area (Å²) >= 11 is 0. The second-order valence-electron chi connectivity index (χ2n) is 6.85. The average Bonchev–Trinajstić information content (AvgIpc) is 2.94. The highest BCUT2D eigenvalue weighted by Gasteiger charge is 2.54. The van der Waals surface area contributed by atoms with Crippen molar-refractivity contribution in [3.8, 4) is 0 Å². The van der Waals surface area contributed by atoms with Crippen molar-refractivity contribution >= 4 is 34.7 Å². The molecule has 1 fully saturated rings. The molecule has 28 heavy (non-hydrogen) atoms. The van der Waals surface area contributed by atoms with Crippen molar-refractivity contribution in [3.05, 3.63) is 29.8 Å². The highest BCUT2D eigenvalue weighted by molar-refractivity contribution is 7.87. The minimum Gasteiger partial charge on any atom is -0.480 e. The van der Waals surface area contributed by atoms with Gasteiger partial charge in [0.15, 0.2) is 5.66 Å². The van der Waals surface area contributed by atoms with Gasteiger partial charge in [-0.05, 0) is 17.9 Å². The Kier molecular flexibility index (Phi) is 5.87. The molecule has 14 heteroatoms. The third-order valence-electron chi connectivity index (χ3n) is 4.58. The molecule has 9 N–H and O–H groups in total. The van der Waals surface area contributed by atoms with Crippen LogP contribution in [0.4, 0.5) is 0 Å². The van der Waals surface area contributed by atoms with Crippen LogP contribution in [0, 0.1) is 0 Å². The van der Waals surface area contributed by atoms with Crippen molar-refractivity contribution in [2.45, 2.75) is 24.0 Å². The van der Waals surface area contributed by atoms with Crippen LogP contribution in [0.25, 0.3) is 0 Å². The van der Waals surface area contributed by atoms with Gasteiger partial charge in [0.2, 0.25) is 0 Å². The van der Waals surface area contributed by atoms with Gasteiger partial charge >= 0.3 is 19.1 Å². The Labute approximate surface area is 161 Å². The standard InChI is InChI=1S/C14H21BN4O8S/c1-13(16,11(20)21)18-28(26,27)19-6-10(14(17,7-19)12(22)23)8-3-2-4-9(5-8)15(24)25/h2-5,10,18,24-25H,6-7,16-17H2,1H3,(H,20,21)(H,22,23)/t10-,13+,14-/m0/s1. The Morgan fingerprint density at radius 2 is 1.96 bits per heavy atom. The van der Waals surface area contributed by atoms with Crippen LogP contribution in [0.1, 0.15) is 18.4 Å². The molecule has 0 amide bonds. The molecule has 1 aromatic rings. The van der Waals surface area contributed by atoms with E-state index >= 15 is 0 Å². The molecule has 0 aliphatic carbocycles. The van der Waals surface area contributed by atoms with E-state index in [2.05, 4.69) is 0 Å². The summed E-state index contributed by atoms with van der Waals surface area (Å²) in [6.45, 7) is -0.109. The number of nitrogens with zero attached hydrogens (tertiary/aromatic N) is 1. The molecule has 12 nitrogen and oxygen atoms in total. The molecule has 0 saturated carbocycles. The fourth-order valence-corrected chi connectivity index (χ4v) is 4.43. The third kappa shape index (κ3) is 4.17. The van der Waals surface area contributed by atoms with E-state index in [0.29, 0.717) is 4.31 Å². The normalized spacial score (nSPS) is 25.2. The number of carboxylic acid groups (broad SMARTS) is 2. The van der Waals surface area contributed by atoms with Crippen LogP contribution in [0.3, 0.4) is 0 Å². The molecule has 1 aliphatic rings. The maximum atomic E-state index is 12.6. The molecule has 2 rings (SSSR count). The van der Waals surface area contributed by atoms with Crippen molar-refractivity contribution in [1.29, 1.82) is 0 Å². The summed E-state index contributed by atoms with van der Waals surface area (Å²) in [4.78, 5) is 22.9. The quantitative estimate of drug-likeness (QED) is 0.169. The molecule has 0 unspecified atom stereocenters. The molecular formula is C14H21BN4O8S. The van der Waals surface area contributed by atoms with Crippen molar-refractivity contribution in [1.82, 2.24) is 9.03 Å². The number of benzene rings is 1. The van der Waals surface area contributed by atoms with Gasteiger partial charge in [0.25, 0.3) is 10.2 Å². The van der Waals surface area contributed by atoms with E-state index in [1.165, 1.54) is 24.3 Å². The zero-order chi connectivity index (χ0) is 21.5. The lowest BCUT2D eigenvalue weighted by Crippen LogP contribution is -2.62. The summed E-state index contributed by atoms with van der Waals surface area (Å²) in [6.07, 6.45) is 0. The van der Waals surface area contributed by atoms with Gasteiger partial charge in [0, 0.05) is 19.0 Å². The molecule has 1 aliphatic heterocycles. The Morgan fingerprint density at radius 3 is 2.46 bits per heavy atom. The highest BCUT2D eigenvalue weighted by atomic mass is 32.2. The zero-order valence-corrected chi connectivity index (χ0v) is 15.6. The number of carbonyl (C=O) groups is 2. The number of hydrogen-bond donors (Lipinski definition) is 7. The Morgan fingerprint density at radius 1 is 1.36 bits per heavy atom. The van der Waals surface area contributed by atoms with E-state index in [1.807, 2.05) is 0 Å². The highest BCUT2D eigenvalue weighted by Crippen LogP contribution is 2.35. The summed E-state index contributed by atoms with van der Waals surface area (Å²) < 4.78 is 27.6. The predicted molar refractivity (Wildman–Crippen MR) is 97.4 cm³/mol. The van der Waals surface area contributed by atoms with Crippen LogP contribution in [-0.2, 0) is 19.8 Å². The summed E-state index contributed by atoms with van der Waals surface area (Å²) in [6, 6.07) is 5.64. The second kappa shape index (κ2) is 7.40. The molecule has 0 spiro atoms. The third-order valence-corrected chi connectivity index (χ3v) is 6.22. The zero-order valence-electron chi connectivity index (χ0n) is 14.8. The second-order valence-corrected chi connectivity index (χ2v) is 8.52. The van der Waals surface area contributed by atoms with E-state index in [-0.39, 0.29) is 11.0 Å². The SMILES string of the molecule is C[C@@](N)(NS(=O)(=O)N1C[C@@H](c2cccc(B(O)O)c2)[C@](N)(C(=O)O)C1)C(=O)O. The Hall–Kier alpha value is -2.07. The molecular weight excluding hydrogens is 395 g/mol. The number of hydrogen-bond acceptors (Lipinski definition) is 8. The molecule has 0 radical (unpaired) electrons. The van der Waals surface area contributed by atoms with Gasteiger partial charge in [-0.1, -0.05) is 24.3 Å². The first kappa shape index (κ1) is 22.2. The topological polar surface area (TPSA) is 217 Å². The Bertz CT molecular complexity index is 893. The van der Waals surface area contributed by atoms with Crippen LogP contribution in [0.15, 0.2) is 24.3 Å². The number of rotatable bonds is 7. The van der Waals surface area contributed by atoms with Crippen molar-refractivity contribution in [3.63, 3.8) is 0 Å². The van der Waals surface area contributed by atoms with Gasteiger partial charge in [-0.25, -0.2) is 4.79 Å². The fourth-order valence-electron chi connectivity index (χ4n) is 2.95. The summed E-state index contributed by atoms with van der Waals surface area (Å²) in [5.74, 6) is -4.15. The molecule has 1 saturated heterocycles. The monoisotopic (exact) mass is 416 g/mol. The van der Waals surface area contributed by atoms with Crippen molar-refractivity contribution in [2.75, 3.05) is 13.1 Å². The molecule has 0 aromatic heterocycles. The van der Waals surface area contributed by atoms with Crippen LogP contribution in [-0.4, -0.2) is 76.3 Å². The molecule has 1 aromatic carbocycles. The van der Waals surface area contributed by atoms with Gasteiger partial charge in [-0.15, -0.1) is 0 Å². The van der Waals surface area contributed by atoms with Gasteiger partial charge < -0.3 is 31.7 Å². The predicted octanol–water partition coefficient (Wildman–Crippen LogP) is -3.86. The number of nitrogens with one attached hydrogen (secondary N) is 1. The van der Waals surface area contributed by atoms with Gasteiger partial charge in [-0.2, -0.15) is 17.4 Å². The first-order valence-electron chi connectivity index (χ1n) is 8.00. The number of aliphatic carboxylic acids is 2. The maximum Gasteiger partial charge on any atom is 0.488 e. The van der Waals surface area contributed by atoms with Gasteiger partial charge in [-0.3, -0.25) is 4.79 Å². The molecule has 3 atom stereocenters. The number of carboxylic acids is 2. The lowest BCUT2D eigenvalue weighted by Gasteiger charge is -2.26. The van der Waals surface area contributed by atoms with Crippen LogP contribution >= 0.6 is 0 Å². The summed E-state index contributed by atoms with van der Waals surface area (Å²) in [5, 5.41) is 37.2. The summed E-state index contributed by atoms with van der Waals surface area (Å²) in [7, 11) is -6.31. The lowest BCUT2D eigenvalue weighted by atomic mass is 9.76. The van der Waals surface area contributed by atoms with E-state index in [1.54, 1.807) is 4.72 Å². The molecule has 154 valence electrons. The molecule has 0 bridgehead atoms. The average molecular weight is 416 g/mol. The van der Waals surface area contributed by atoms with Gasteiger partial charge in [0.1, 0.15) is 5.54 Å². The summed E-state index contributed by atoms with van der Waals surface area (Å²) in [5.41, 5.74) is 7.42. The molecule has 1 heterocycles. The van der Waals surface area contributed by atoms with E-state index in [0.717, 1.165) is 6.92 Å². The maximum absolute atomic E-state index is 12.6. The first-order valence-corrected chi connectivity index (χ1v) is 9.44. The van der Waals surface area contributed by atoms with Crippen LogP contribution < -0.4 is 21.7 Å². The minimum absolute atomic E-state index is 0.0741. The van der Waals surface area contributed by atoms with Gasteiger partial charge in [0.05, 0.1) is 0 Å². The van der Waals surface area contributed by atoms with E-state index < -0.39 is 59.5 Å². The van der Waals surface area contributed by atoms with Crippen molar-refractivity contribution < 1.29 is 38.3 Å². The van der Waals surface area contributed by atoms with E-state index in [9.17, 15) is 33.2 Å². The Balaban J connectivity index is 2.42. The minimum atomic E-state index is -4.50. The van der Waals surface area contributed by atoms with Crippen LogP contribution in [0.5, 0.6) is 0 Å². The lowest BCUT2D eigenvalue weighted by molar-refractivity contribution is -0.144. The largest absolute Gasteiger partial charge is 0.488 e. The van der Waals surface area contributed by atoms with Crippen molar-refractivity contribution in [2.24, 2.45) is 11.5 Å². The van der Waals surface area contributed by atoms with E-state index in [4.69, 9.17) is 16.6 Å².